The number of aromatic nitrogens is 1. The Kier molecular flexibility index (Phi) is 7.25. The summed E-state index contributed by atoms with van der Waals surface area (Å²) in [7, 11) is -2.04. The standard InChI is InChI=1S/C26H31N3O5S/c1-17-8-10-19(11-9-17)23-22(25(31)27-2)21-16-20(18-12-13-18)24(28-26(21)34-23)29(35(3,32)33)14-6-4-5-7-15-30/h8-11,15-16,18H,4-7,12-14H2,1-3H3,(H,27,31). The summed E-state index contributed by atoms with van der Waals surface area (Å²) in [6.45, 7) is 2.25. The first-order chi connectivity index (χ1) is 16.7. The summed E-state index contributed by atoms with van der Waals surface area (Å²) in [5, 5.41) is 3.27. The molecule has 9 heteroatoms. The van der Waals surface area contributed by atoms with Gasteiger partial charge in [0.15, 0.2) is 0 Å². The molecule has 0 radical (unpaired) electrons. The highest BCUT2D eigenvalue weighted by Crippen LogP contribution is 2.46. The van der Waals surface area contributed by atoms with Gasteiger partial charge in [-0.3, -0.25) is 9.10 Å². The number of nitrogens with one attached hydrogen (secondary N) is 1. The van der Waals surface area contributed by atoms with Gasteiger partial charge in [-0.25, -0.2) is 8.42 Å². The molecular weight excluding hydrogens is 466 g/mol. The number of pyridine rings is 1. The molecule has 1 N–H and O–H groups in total. The van der Waals surface area contributed by atoms with E-state index in [-0.39, 0.29) is 24.1 Å². The SMILES string of the molecule is CNC(=O)c1c(-c2ccc(C)cc2)oc2nc(N(CCCCCC=O)S(C)(=O)=O)c(C3CC3)cc12. The summed E-state index contributed by atoms with van der Waals surface area (Å²) >= 11 is 0. The number of nitrogens with zero attached hydrogens (tertiary/aromatic N) is 2. The Morgan fingerprint density at radius 1 is 1.20 bits per heavy atom. The van der Waals surface area contributed by atoms with Gasteiger partial charge in [0.2, 0.25) is 15.7 Å². The van der Waals surface area contributed by atoms with Crippen LogP contribution in [0, 0.1) is 6.92 Å². The molecule has 2 heterocycles. The van der Waals surface area contributed by atoms with Gasteiger partial charge in [0.1, 0.15) is 17.9 Å². The van der Waals surface area contributed by atoms with Crippen molar-refractivity contribution in [2.75, 3.05) is 24.2 Å². The second kappa shape index (κ2) is 10.2. The van der Waals surface area contributed by atoms with Gasteiger partial charge in [-0.05, 0) is 50.2 Å². The van der Waals surface area contributed by atoms with Crippen LogP contribution in [0.1, 0.15) is 65.9 Å². The molecule has 4 rings (SSSR count). The van der Waals surface area contributed by atoms with Gasteiger partial charge in [-0.15, -0.1) is 0 Å². The van der Waals surface area contributed by atoms with E-state index in [1.165, 1.54) is 10.6 Å². The number of hydrogen-bond acceptors (Lipinski definition) is 6. The minimum absolute atomic E-state index is 0.191. The van der Waals surface area contributed by atoms with Crippen LogP contribution in [0.15, 0.2) is 34.7 Å². The number of benzene rings is 1. The predicted molar refractivity (Wildman–Crippen MR) is 136 cm³/mol. The Morgan fingerprint density at radius 3 is 2.51 bits per heavy atom. The number of amides is 1. The number of aldehydes is 1. The maximum atomic E-state index is 12.9. The molecule has 8 nitrogen and oxygen atoms in total. The Morgan fingerprint density at radius 2 is 1.91 bits per heavy atom. The maximum Gasteiger partial charge on any atom is 0.255 e. The van der Waals surface area contributed by atoms with Gasteiger partial charge >= 0.3 is 0 Å². The molecule has 0 aliphatic heterocycles. The quantitative estimate of drug-likeness (QED) is 0.307. The van der Waals surface area contributed by atoms with Crippen LogP contribution in [0.25, 0.3) is 22.4 Å². The summed E-state index contributed by atoms with van der Waals surface area (Å²) in [5.74, 6) is 0.679. The summed E-state index contributed by atoms with van der Waals surface area (Å²) in [6, 6.07) is 9.56. The Hall–Kier alpha value is -3.20. The molecule has 0 atom stereocenters. The fourth-order valence-corrected chi connectivity index (χ4v) is 5.19. The van der Waals surface area contributed by atoms with E-state index in [9.17, 15) is 18.0 Å². The fourth-order valence-electron chi connectivity index (χ4n) is 4.27. The molecule has 35 heavy (non-hydrogen) atoms. The molecule has 1 saturated carbocycles. The molecule has 1 fully saturated rings. The van der Waals surface area contributed by atoms with Crippen LogP contribution in [0.5, 0.6) is 0 Å². The third-order valence-corrected chi connectivity index (χ3v) is 7.45. The number of aryl methyl sites for hydroxylation is 1. The molecule has 0 bridgehead atoms. The average molecular weight is 498 g/mol. The number of furan rings is 1. The van der Waals surface area contributed by atoms with Crippen molar-refractivity contribution < 1.29 is 22.4 Å². The summed E-state index contributed by atoms with van der Waals surface area (Å²) in [4.78, 5) is 28.2. The lowest BCUT2D eigenvalue weighted by atomic mass is 10.0. The summed E-state index contributed by atoms with van der Waals surface area (Å²) in [5.41, 5.74) is 3.27. The second-order valence-electron chi connectivity index (χ2n) is 9.13. The molecule has 0 spiro atoms. The minimum Gasteiger partial charge on any atom is -0.437 e. The van der Waals surface area contributed by atoms with Crippen molar-refractivity contribution in [1.29, 1.82) is 0 Å². The zero-order valence-corrected chi connectivity index (χ0v) is 21.2. The lowest BCUT2D eigenvalue weighted by Crippen LogP contribution is -2.32. The highest BCUT2D eigenvalue weighted by atomic mass is 32.2. The van der Waals surface area contributed by atoms with E-state index in [0.29, 0.717) is 35.4 Å². The van der Waals surface area contributed by atoms with E-state index in [2.05, 4.69) is 5.32 Å². The van der Waals surface area contributed by atoms with Gasteiger partial charge in [0.05, 0.1) is 17.2 Å². The van der Waals surface area contributed by atoms with E-state index < -0.39 is 10.0 Å². The number of anilines is 1. The molecule has 0 saturated heterocycles. The third kappa shape index (κ3) is 5.40. The number of unbranched alkanes of at least 4 members (excludes halogenated alkanes) is 3. The fraction of sp³-hybridized carbons (Fsp3) is 0.423. The molecule has 1 aromatic carbocycles. The van der Waals surface area contributed by atoms with Gasteiger partial charge in [-0.1, -0.05) is 36.2 Å². The van der Waals surface area contributed by atoms with E-state index >= 15 is 0 Å². The molecular formula is C26H31N3O5S. The largest absolute Gasteiger partial charge is 0.437 e. The van der Waals surface area contributed by atoms with Crippen LogP contribution in [-0.2, 0) is 14.8 Å². The first-order valence-corrected chi connectivity index (χ1v) is 13.8. The molecule has 1 aliphatic carbocycles. The van der Waals surface area contributed by atoms with Crippen LogP contribution in [0.3, 0.4) is 0 Å². The highest BCUT2D eigenvalue weighted by Gasteiger charge is 2.34. The van der Waals surface area contributed by atoms with E-state index in [1.807, 2.05) is 37.3 Å². The first-order valence-electron chi connectivity index (χ1n) is 11.9. The van der Waals surface area contributed by atoms with E-state index in [0.717, 1.165) is 48.7 Å². The number of fused-ring (bicyclic) bond motifs is 1. The molecule has 2 aromatic heterocycles. The zero-order valence-electron chi connectivity index (χ0n) is 20.3. The Labute approximate surface area is 205 Å². The predicted octanol–water partition coefficient (Wildman–Crippen LogP) is 4.57. The van der Waals surface area contributed by atoms with Crippen molar-refractivity contribution in [3.8, 4) is 11.3 Å². The van der Waals surface area contributed by atoms with Crippen LogP contribution in [-0.4, -0.2) is 45.4 Å². The monoisotopic (exact) mass is 497 g/mol. The van der Waals surface area contributed by atoms with Crippen LogP contribution in [0.4, 0.5) is 5.82 Å². The van der Waals surface area contributed by atoms with Crippen molar-refractivity contribution in [2.24, 2.45) is 0 Å². The van der Waals surface area contributed by atoms with Crippen molar-refractivity contribution in [2.45, 2.75) is 51.4 Å². The summed E-state index contributed by atoms with van der Waals surface area (Å²) in [6.07, 6.45) is 6.47. The normalized spacial score (nSPS) is 13.7. The molecule has 1 amide bonds. The number of hydrogen-bond donors (Lipinski definition) is 1. The van der Waals surface area contributed by atoms with Crippen molar-refractivity contribution in [3.05, 3.63) is 47.0 Å². The highest BCUT2D eigenvalue weighted by molar-refractivity contribution is 7.92. The smallest absolute Gasteiger partial charge is 0.255 e. The minimum atomic E-state index is -3.61. The Bertz CT molecular complexity index is 1340. The van der Waals surface area contributed by atoms with Gasteiger partial charge < -0.3 is 14.5 Å². The van der Waals surface area contributed by atoms with Gasteiger partial charge in [0.25, 0.3) is 5.91 Å². The van der Waals surface area contributed by atoms with Crippen LogP contribution < -0.4 is 9.62 Å². The first kappa shape index (κ1) is 24.9. The van der Waals surface area contributed by atoms with Gasteiger partial charge in [-0.2, -0.15) is 4.98 Å². The van der Waals surface area contributed by atoms with E-state index in [1.54, 1.807) is 7.05 Å². The lowest BCUT2D eigenvalue weighted by molar-refractivity contribution is -0.107. The number of rotatable bonds is 11. The van der Waals surface area contributed by atoms with Crippen molar-refractivity contribution >= 4 is 39.1 Å². The molecule has 1 aliphatic rings. The number of carbonyl (C=O) groups is 2. The molecule has 186 valence electrons. The second-order valence-corrected chi connectivity index (χ2v) is 11.0. The van der Waals surface area contributed by atoms with Crippen LogP contribution >= 0.6 is 0 Å². The topological polar surface area (TPSA) is 110 Å². The van der Waals surface area contributed by atoms with Gasteiger partial charge in [0, 0.05) is 25.6 Å². The average Bonchev–Trinajstić information content (AvgIpc) is 3.60. The van der Waals surface area contributed by atoms with Crippen molar-refractivity contribution in [1.82, 2.24) is 10.3 Å². The zero-order chi connectivity index (χ0) is 25.2. The Balaban J connectivity index is 1.85. The molecule has 3 aromatic rings. The number of sulfonamides is 1. The molecule has 0 unspecified atom stereocenters. The number of carbonyl (C=O) groups excluding carboxylic acids is 2. The maximum absolute atomic E-state index is 12.9. The lowest BCUT2D eigenvalue weighted by Gasteiger charge is -2.23. The summed E-state index contributed by atoms with van der Waals surface area (Å²) < 4.78 is 33.1. The van der Waals surface area contributed by atoms with Crippen LogP contribution in [0.2, 0.25) is 0 Å². The van der Waals surface area contributed by atoms with E-state index in [4.69, 9.17) is 9.40 Å². The third-order valence-electron chi connectivity index (χ3n) is 6.30. The van der Waals surface area contributed by atoms with Crippen molar-refractivity contribution in [3.63, 3.8) is 0 Å².